The Kier molecular flexibility index (Phi) is 4.67. The highest BCUT2D eigenvalue weighted by Crippen LogP contribution is 2.26. The Bertz CT molecular complexity index is 684. The van der Waals surface area contributed by atoms with Crippen molar-refractivity contribution in [3.8, 4) is 5.75 Å². The summed E-state index contributed by atoms with van der Waals surface area (Å²) in [6, 6.07) is 13.4. The number of anilines is 1. The van der Waals surface area contributed by atoms with Crippen LogP contribution in [0.3, 0.4) is 0 Å². The fraction of sp³-hybridized carbons (Fsp3) is 0.143. The first-order chi connectivity index (χ1) is 9.53. The zero-order valence-electron chi connectivity index (χ0n) is 10.8. The first-order valence-corrected chi connectivity index (χ1v) is 8.31. The Hall–Kier alpha value is -1.53. The van der Waals surface area contributed by atoms with Crippen LogP contribution in [0.5, 0.6) is 5.75 Å². The predicted molar refractivity (Wildman–Crippen MR) is 82.6 cm³/mol. The number of benzene rings is 2. The van der Waals surface area contributed by atoms with Crippen molar-refractivity contribution < 1.29 is 13.2 Å². The lowest BCUT2D eigenvalue weighted by atomic mass is 10.3. The smallest absolute Gasteiger partial charge is 0.262 e. The van der Waals surface area contributed by atoms with Gasteiger partial charge in [0.25, 0.3) is 10.0 Å². The minimum absolute atomic E-state index is 0.201. The molecule has 0 heterocycles. The summed E-state index contributed by atoms with van der Waals surface area (Å²) < 4.78 is 33.3. The lowest BCUT2D eigenvalue weighted by Crippen LogP contribution is -2.13. The predicted octanol–water partition coefficient (Wildman–Crippen LogP) is 3.65. The van der Waals surface area contributed by atoms with E-state index in [4.69, 9.17) is 4.74 Å². The van der Waals surface area contributed by atoms with Crippen LogP contribution in [-0.2, 0) is 10.0 Å². The maximum Gasteiger partial charge on any atom is 0.262 e. The van der Waals surface area contributed by atoms with E-state index in [1.54, 1.807) is 36.4 Å². The third kappa shape index (κ3) is 3.52. The molecule has 0 aromatic heterocycles. The fourth-order valence-electron chi connectivity index (χ4n) is 1.65. The molecule has 2 aromatic carbocycles. The topological polar surface area (TPSA) is 55.4 Å². The molecule has 0 aliphatic heterocycles. The van der Waals surface area contributed by atoms with Crippen LogP contribution in [0.1, 0.15) is 6.92 Å². The number of rotatable bonds is 5. The number of para-hydroxylation sites is 2. The monoisotopic (exact) mass is 355 g/mol. The van der Waals surface area contributed by atoms with E-state index in [1.807, 2.05) is 6.92 Å². The molecule has 0 saturated carbocycles. The van der Waals surface area contributed by atoms with E-state index < -0.39 is 10.0 Å². The summed E-state index contributed by atoms with van der Waals surface area (Å²) in [5, 5.41) is 0. The number of nitrogens with one attached hydrogen (secondary N) is 1. The second-order valence-corrected chi connectivity index (χ2v) is 6.59. The molecule has 20 heavy (non-hydrogen) atoms. The number of hydrogen-bond donors (Lipinski definition) is 1. The zero-order chi connectivity index (χ0) is 14.6. The molecule has 6 heteroatoms. The molecule has 0 aliphatic carbocycles. The van der Waals surface area contributed by atoms with Gasteiger partial charge in [0.15, 0.2) is 0 Å². The van der Waals surface area contributed by atoms with Crippen LogP contribution in [0, 0.1) is 0 Å². The summed E-state index contributed by atoms with van der Waals surface area (Å²) in [6.45, 7) is 2.32. The summed E-state index contributed by atoms with van der Waals surface area (Å²) in [7, 11) is -3.62. The molecule has 0 saturated heterocycles. The average Bonchev–Trinajstić information content (AvgIpc) is 2.41. The average molecular weight is 356 g/mol. The molecule has 2 aromatic rings. The largest absolute Gasteiger partial charge is 0.492 e. The molecule has 0 amide bonds. The van der Waals surface area contributed by atoms with Gasteiger partial charge in [0.2, 0.25) is 0 Å². The molecule has 0 spiro atoms. The van der Waals surface area contributed by atoms with Crippen LogP contribution in [-0.4, -0.2) is 15.0 Å². The Morgan fingerprint density at radius 3 is 2.40 bits per heavy atom. The Morgan fingerprint density at radius 2 is 1.75 bits per heavy atom. The first-order valence-electron chi connectivity index (χ1n) is 6.03. The molecule has 106 valence electrons. The third-order valence-corrected chi connectivity index (χ3v) is 4.47. The van der Waals surface area contributed by atoms with Gasteiger partial charge in [-0.2, -0.15) is 0 Å². The second kappa shape index (κ2) is 6.28. The van der Waals surface area contributed by atoms with Crippen LogP contribution < -0.4 is 9.46 Å². The van der Waals surface area contributed by atoms with E-state index >= 15 is 0 Å². The zero-order valence-corrected chi connectivity index (χ0v) is 13.2. The molecule has 0 unspecified atom stereocenters. The summed E-state index contributed by atoms with van der Waals surface area (Å²) in [4.78, 5) is 0.201. The Labute approximate surface area is 127 Å². The summed E-state index contributed by atoms with van der Waals surface area (Å²) in [5.74, 6) is 0.510. The van der Waals surface area contributed by atoms with Gasteiger partial charge in [0.05, 0.1) is 17.2 Å². The number of ether oxygens (including phenoxy) is 1. The van der Waals surface area contributed by atoms with Crippen LogP contribution in [0.2, 0.25) is 0 Å². The Balaban J connectivity index is 2.31. The summed E-state index contributed by atoms with van der Waals surface area (Å²) >= 11 is 3.28. The van der Waals surface area contributed by atoms with Gasteiger partial charge in [-0.15, -0.1) is 0 Å². The summed E-state index contributed by atoms with van der Waals surface area (Å²) in [5.41, 5.74) is 0.428. The van der Waals surface area contributed by atoms with Crippen molar-refractivity contribution in [1.29, 1.82) is 0 Å². The minimum Gasteiger partial charge on any atom is -0.492 e. The van der Waals surface area contributed by atoms with Crippen molar-refractivity contribution in [2.24, 2.45) is 0 Å². The van der Waals surface area contributed by atoms with Crippen molar-refractivity contribution in [2.75, 3.05) is 11.3 Å². The van der Waals surface area contributed by atoms with Crippen molar-refractivity contribution in [3.63, 3.8) is 0 Å². The molecule has 4 nitrogen and oxygen atoms in total. The number of sulfonamides is 1. The van der Waals surface area contributed by atoms with Crippen LogP contribution in [0.15, 0.2) is 57.9 Å². The van der Waals surface area contributed by atoms with E-state index in [9.17, 15) is 8.42 Å². The highest BCUT2D eigenvalue weighted by Gasteiger charge is 2.16. The van der Waals surface area contributed by atoms with E-state index in [0.717, 1.165) is 4.47 Å². The fourth-order valence-corrected chi connectivity index (χ4v) is 2.98. The highest BCUT2D eigenvalue weighted by atomic mass is 79.9. The van der Waals surface area contributed by atoms with Crippen molar-refractivity contribution >= 4 is 31.6 Å². The molecule has 0 aliphatic rings. The maximum absolute atomic E-state index is 12.3. The van der Waals surface area contributed by atoms with Crippen LogP contribution in [0.4, 0.5) is 5.69 Å². The molecular formula is C14H14BrNO3S. The molecule has 0 bridgehead atoms. The van der Waals surface area contributed by atoms with Gasteiger partial charge in [0, 0.05) is 4.47 Å². The molecular weight excluding hydrogens is 342 g/mol. The second-order valence-electron chi connectivity index (χ2n) is 3.99. The van der Waals surface area contributed by atoms with Gasteiger partial charge in [-0.05, 0) is 43.3 Å². The first kappa shape index (κ1) is 14.9. The SMILES string of the molecule is CCOc1ccccc1NS(=O)(=O)c1ccc(Br)cc1. The molecule has 0 radical (unpaired) electrons. The molecule has 0 fully saturated rings. The minimum atomic E-state index is -3.62. The Morgan fingerprint density at radius 1 is 1.10 bits per heavy atom. The van der Waals surface area contributed by atoms with E-state index in [-0.39, 0.29) is 4.90 Å². The molecule has 0 atom stereocenters. The molecule has 1 N–H and O–H groups in total. The highest BCUT2D eigenvalue weighted by molar-refractivity contribution is 9.10. The lowest BCUT2D eigenvalue weighted by molar-refractivity contribution is 0.342. The van der Waals surface area contributed by atoms with Gasteiger partial charge >= 0.3 is 0 Å². The van der Waals surface area contributed by atoms with Crippen molar-refractivity contribution in [1.82, 2.24) is 0 Å². The van der Waals surface area contributed by atoms with Crippen LogP contribution >= 0.6 is 15.9 Å². The maximum atomic E-state index is 12.3. The number of hydrogen-bond acceptors (Lipinski definition) is 3. The van der Waals surface area contributed by atoms with E-state index in [1.165, 1.54) is 12.1 Å². The van der Waals surface area contributed by atoms with Gasteiger partial charge in [0.1, 0.15) is 5.75 Å². The van der Waals surface area contributed by atoms with Crippen LogP contribution in [0.25, 0.3) is 0 Å². The van der Waals surface area contributed by atoms with E-state index in [2.05, 4.69) is 20.7 Å². The van der Waals surface area contributed by atoms with Crippen molar-refractivity contribution in [2.45, 2.75) is 11.8 Å². The third-order valence-electron chi connectivity index (χ3n) is 2.56. The summed E-state index contributed by atoms with van der Waals surface area (Å²) in [6.07, 6.45) is 0. The molecule has 2 rings (SSSR count). The van der Waals surface area contributed by atoms with Crippen molar-refractivity contribution in [3.05, 3.63) is 53.0 Å². The van der Waals surface area contributed by atoms with Gasteiger partial charge in [-0.1, -0.05) is 28.1 Å². The van der Waals surface area contributed by atoms with Gasteiger partial charge in [-0.25, -0.2) is 8.42 Å². The lowest BCUT2D eigenvalue weighted by Gasteiger charge is -2.12. The quantitative estimate of drug-likeness (QED) is 0.890. The van der Waals surface area contributed by atoms with Gasteiger partial charge in [-0.3, -0.25) is 4.72 Å². The van der Waals surface area contributed by atoms with E-state index in [0.29, 0.717) is 18.0 Å². The number of halogens is 1. The van der Waals surface area contributed by atoms with Gasteiger partial charge < -0.3 is 4.74 Å². The standard InChI is InChI=1S/C14H14BrNO3S/c1-2-19-14-6-4-3-5-13(14)16-20(17,18)12-9-7-11(15)8-10-12/h3-10,16H,2H2,1H3. The normalized spacial score (nSPS) is 11.1.